The number of aryl methyl sites for hydroxylation is 1. The summed E-state index contributed by atoms with van der Waals surface area (Å²) >= 11 is 6.67. The van der Waals surface area contributed by atoms with Crippen molar-refractivity contribution in [1.82, 2.24) is 4.98 Å². The Morgan fingerprint density at radius 1 is 1.07 bits per heavy atom. The van der Waals surface area contributed by atoms with Crippen LogP contribution in [-0.2, 0) is 0 Å². The average molecular weight is 398 g/mol. The van der Waals surface area contributed by atoms with Gasteiger partial charge in [0.1, 0.15) is 22.5 Å². The number of rotatable bonds is 1. The molecule has 4 nitrogen and oxygen atoms in total. The molecule has 5 rings (SSSR count). The minimum atomic E-state index is -0.459. The molecule has 0 aliphatic carbocycles. The molecule has 140 valence electrons. The first-order valence-electron chi connectivity index (χ1n) is 9.23. The van der Waals surface area contributed by atoms with E-state index in [0.717, 1.165) is 38.4 Å². The third-order valence-electron chi connectivity index (χ3n) is 5.45. The van der Waals surface area contributed by atoms with E-state index in [9.17, 15) is 5.26 Å². The maximum absolute atomic E-state index is 9.91. The summed E-state index contributed by atoms with van der Waals surface area (Å²) in [4.78, 5) is 4.65. The van der Waals surface area contributed by atoms with Crippen LogP contribution in [-0.4, -0.2) is 4.98 Å². The van der Waals surface area contributed by atoms with Gasteiger partial charge in [-0.15, -0.1) is 0 Å². The number of nitrogens with two attached hydrogens (primary N) is 1. The lowest BCUT2D eigenvalue weighted by atomic mass is 9.81. The van der Waals surface area contributed by atoms with Gasteiger partial charge in [-0.3, -0.25) is 0 Å². The van der Waals surface area contributed by atoms with E-state index in [1.165, 1.54) is 0 Å². The molecule has 0 saturated heterocycles. The van der Waals surface area contributed by atoms with Crippen LogP contribution >= 0.6 is 11.6 Å². The number of nitrogens with zero attached hydrogens (tertiary/aromatic N) is 2. The third kappa shape index (κ3) is 2.63. The number of benzene rings is 3. The lowest BCUT2D eigenvalue weighted by Crippen LogP contribution is -2.21. The molecule has 0 bridgehead atoms. The number of fused-ring (bicyclic) bond motifs is 4. The largest absolute Gasteiger partial charge is 0.440 e. The number of pyridine rings is 1. The number of ether oxygens (including phenoxy) is 1. The van der Waals surface area contributed by atoms with Gasteiger partial charge in [-0.25, -0.2) is 4.98 Å². The zero-order valence-corrected chi connectivity index (χ0v) is 16.4. The summed E-state index contributed by atoms with van der Waals surface area (Å²) in [5, 5.41) is 13.3. The summed E-state index contributed by atoms with van der Waals surface area (Å²) in [5.74, 6) is 0.269. The lowest BCUT2D eigenvalue weighted by molar-refractivity contribution is 0.395. The Hall–Kier alpha value is -3.55. The second-order valence-electron chi connectivity index (χ2n) is 7.14. The van der Waals surface area contributed by atoms with Crippen molar-refractivity contribution >= 4 is 33.3 Å². The molecule has 2 heterocycles. The van der Waals surface area contributed by atoms with Gasteiger partial charge in [-0.05, 0) is 35.4 Å². The summed E-state index contributed by atoms with van der Waals surface area (Å²) in [6.45, 7) is 2.00. The second-order valence-corrected chi connectivity index (χ2v) is 7.50. The van der Waals surface area contributed by atoms with E-state index in [4.69, 9.17) is 22.1 Å². The minimum absolute atomic E-state index is 0.0979. The maximum atomic E-state index is 9.91. The number of allylic oxidation sites excluding steroid dienone is 1. The highest BCUT2D eigenvalue weighted by atomic mass is 35.5. The van der Waals surface area contributed by atoms with Crippen LogP contribution in [0, 0.1) is 18.3 Å². The van der Waals surface area contributed by atoms with Crippen molar-refractivity contribution < 1.29 is 4.74 Å². The van der Waals surface area contributed by atoms with E-state index in [1.54, 1.807) is 0 Å². The number of aromatic nitrogens is 1. The number of hydrogen-bond acceptors (Lipinski definition) is 4. The monoisotopic (exact) mass is 397 g/mol. The van der Waals surface area contributed by atoms with Gasteiger partial charge in [0.2, 0.25) is 5.88 Å². The van der Waals surface area contributed by atoms with Gasteiger partial charge in [0.05, 0.1) is 11.4 Å². The molecule has 3 aromatic carbocycles. The predicted octanol–water partition coefficient (Wildman–Crippen LogP) is 5.57. The maximum Gasteiger partial charge on any atom is 0.205 e. The van der Waals surface area contributed by atoms with Crippen molar-refractivity contribution in [2.45, 2.75) is 12.8 Å². The fourth-order valence-corrected chi connectivity index (χ4v) is 4.34. The SMILES string of the molecule is Cc1cccc2cc([C@@H]3C(C#N)=C(N)Oc4ccc5ccccc5c43)c(Cl)nc12. The molecular weight excluding hydrogens is 382 g/mol. The number of hydrogen-bond donors (Lipinski definition) is 1. The van der Waals surface area contributed by atoms with Gasteiger partial charge < -0.3 is 10.5 Å². The second kappa shape index (κ2) is 6.51. The van der Waals surface area contributed by atoms with Crippen molar-refractivity contribution in [3.05, 3.63) is 94.0 Å². The highest BCUT2D eigenvalue weighted by molar-refractivity contribution is 6.30. The smallest absolute Gasteiger partial charge is 0.205 e. The van der Waals surface area contributed by atoms with Crippen LogP contribution in [0.15, 0.2) is 72.1 Å². The Balaban J connectivity index is 1.87. The van der Waals surface area contributed by atoms with Crippen LogP contribution in [0.5, 0.6) is 5.75 Å². The topological polar surface area (TPSA) is 71.9 Å². The Labute approximate surface area is 172 Å². The summed E-state index contributed by atoms with van der Waals surface area (Å²) < 4.78 is 5.81. The van der Waals surface area contributed by atoms with E-state index in [1.807, 2.05) is 67.6 Å². The molecule has 29 heavy (non-hydrogen) atoms. The molecule has 0 amide bonds. The third-order valence-corrected chi connectivity index (χ3v) is 5.76. The van der Waals surface area contributed by atoms with Crippen molar-refractivity contribution in [2.75, 3.05) is 0 Å². The Morgan fingerprint density at radius 2 is 1.86 bits per heavy atom. The van der Waals surface area contributed by atoms with Gasteiger partial charge in [0.15, 0.2) is 0 Å². The molecule has 4 aromatic rings. The molecule has 5 heteroatoms. The van der Waals surface area contributed by atoms with Gasteiger partial charge in [0, 0.05) is 16.5 Å². The summed E-state index contributed by atoms with van der Waals surface area (Å²) in [6.07, 6.45) is 0. The number of halogens is 1. The molecule has 1 aliphatic heterocycles. The van der Waals surface area contributed by atoms with Crippen LogP contribution in [0.2, 0.25) is 5.15 Å². The van der Waals surface area contributed by atoms with Gasteiger partial charge in [-0.1, -0.05) is 60.1 Å². The zero-order chi connectivity index (χ0) is 20.1. The highest BCUT2D eigenvalue weighted by Crippen LogP contribution is 2.47. The summed E-state index contributed by atoms with van der Waals surface area (Å²) in [5.41, 5.74) is 9.99. The standard InChI is InChI=1S/C24H16ClN3O/c1-13-5-4-7-15-11-17(23(25)28-22(13)15)20-18(12-26)24(27)29-19-10-9-14-6-2-3-8-16(14)21(19)20/h2-11,20H,27H2,1H3/t20-/m1/s1. The first kappa shape index (κ1) is 17.5. The Kier molecular flexibility index (Phi) is 3.94. The first-order valence-corrected chi connectivity index (χ1v) is 9.61. The fraction of sp³-hybridized carbons (Fsp3) is 0.0833. The van der Waals surface area contributed by atoms with Crippen LogP contribution < -0.4 is 10.5 Å². The van der Waals surface area contributed by atoms with Crippen molar-refractivity contribution in [3.8, 4) is 11.8 Å². The summed E-state index contributed by atoms with van der Waals surface area (Å²) in [6, 6.07) is 22.1. The van der Waals surface area contributed by atoms with Crippen LogP contribution in [0.4, 0.5) is 0 Å². The zero-order valence-electron chi connectivity index (χ0n) is 15.6. The highest BCUT2D eigenvalue weighted by Gasteiger charge is 2.34. The van der Waals surface area contributed by atoms with E-state index < -0.39 is 5.92 Å². The molecule has 0 fully saturated rings. The van der Waals surface area contributed by atoms with Gasteiger partial charge >= 0.3 is 0 Å². The van der Waals surface area contributed by atoms with E-state index in [2.05, 4.69) is 11.1 Å². The molecule has 0 unspecified atom stereocenters. The predicted molar refractivity (Wildman–Crippen MR) is 115 cm³/mol. The molecule has 0 radical (unpaired) electrons. The molecule has 1 atom stereocenters. The average Bonchev–Trinajstić information content (AvgIpc) is 2.73. The van der Waals surface area contributed by atoms with Crippen LogP contribution in [0.1, 0.15) is 22.6 Å². The molecule has 0 saturated carbocycles. The normalized spacial score (nSPS) is 15.8. The lowest BCUT2D eigenvalue weighted by Gasteiger charge is -2.28. The minimum Gasteiger partial charge on any atom is -0.440 e. The van der Waals surface area contributed by atoms with Crippen molar-refractivity contribution in [3.63, 3.8) is 0 Å². The van der Waals surface area contributed by atoms with Crippen LogP contribution in [0.25, 0.3) is 21.7 Å². The van der Waals surface area contributed by atoms with Crippen molar-refractivity contribution in [2.24, 2.45) is 5.73 Å². The molecule has 1 aromatic heterocycles. The van der Waals surface area contributed by atoms with Gasteiger partial charge in [0.25, 0.3) is 0 Å². The van der Waals surface area contributed by atoms with Crippen LogP contribution in [0.3, 0.4) is 0 Å². The molecule has 1 aliphatic rings. The van der Waals surface area contributed by atoms with Crippen molar-refractivity contribution in [1.29, 1.82) is 5.26 Å². The van der Waals surface area contributed by atoms with Gasteiger partial charge in [-0.2, -0.15) is 5.26 Å². The number of nitriles is 1. The van der Waals surface area contributed by atoms with E-state index >= 15 is 0 Å². The first-order chi connectivity index (χ1) is 14.1. The Morgan fingerprint density at radius 3 is 2.69 bits per heavy atom. The fourth-order valence-electron chi connectivity index (χ4n) is 4.10. The number of para-hydroxylation sites is 1. The quantitative estimate of drug-likeness (QED) is 0.426. The van der Waals surface area contributed by atoms with E-state index in [0.29, 0.717) is 16.5 Å². The molecule has 2 N–H and O–H groups in total. The van der Waals surface area contributed by atoms with E-state index in [-0.39, 0.29) is 5.88 Å². The Bertz CT molecular complexity index is 1380. The molecular formula is C24H16ClN3O. The molecule has 0 spiro atoms. The summed E-state index contributed by atoms with van der Waals surface area (Å²) in [7, 11) is 0.